The minimum atomic E-state index is -1.95. The van der Waals surface area contributed by atoms with Crippen molar-refractivity contribution in [3.8, 4) is 0 Å². The maximum atomic E-state index is 13.1. The molecule has 6 atom stereocenters. The SMILES string of the molecule is CC/C=C\C/C=C\C/C=C\C/C=C\C/C=C\C/C=C\CCC(=O)OC1C(OCC(COC(=O)C/C=C\C/C=C\C/C=C\C/C=C\C/C=C\CC)OC(=O)CCCCC/C=C\C/C=C\C/C=C\CC)OC(C(=O)O)C(O)C1O. The molecule has 12 heteroatoms. The molecular weight excluding hydrogens is 973 g/mol. The van der Waals surface area contributed by atoms with Gasteiger partial charge < -0.3 is 39.0 Å². The lowest BCUT2D eigenvalue weighted by Crippen LogP contribution is -2.61. The summed E-state index contributed by atoms with van der Waals surface area (Å²) < 4.78 is 28.1. The molecule has 1 aliphatic rings. The average Bonchev–Trinajstić information content (AvgIpc) is 3.42. The number of aliphatic hydroxyl groups excluding tert-OH is 2. The first-order valence-corrected chi connectivity index (χ1v) is 28.1. The minimum Gasteiger partial charge on any atom is -0.479 e. The first-order chi connectivity index (χ1) is 37.6. The van der Waals surface area contributed by atoms with Crippen molar-refractivity contribution < 1.29 is 58.2 Å². The summed E-state index contributed by atoms with van der Waals surface area (Å²) in [5.41, 5.74) is 0. The van der Waals surface area contributed by atoms with Crippen LogP contribution in [0.4, 0.5) is 0 Å². The molecule has 0 aromatic rings. The van der Waals surface area contributed by atoms with Gasteiger partial charge in [-0.2, -0.15) is 0 Å². The van der Waals surface area contributed by atoms with E-state index in [-0.39, 0.29) is 19.3 Å². The second kappa shape index (κ2) is 50.9. The van der Waals surface area contributed by atoms with E-state index in [9.17, 15) is 34.5 Å². The van der Waals surface area contributed by atoms with Crippen molar-refractivity contribution in [1.29, 1.82) is 0 Å². The summed E-state index contributed by atoms with van der Waals surface area (Å²) in [6.07, 6.45) is 63.7. The van der Waals surface area contributed by atoms with Gasteiger partial charge in [-0.25, -0.2) is 4.79 Å². The zero-order valence-corrected chi connectivity index (χ0v) is 46.6. The lowest BCUT2D eigenvalue weighted by molar-refractivity contribution is -0.301. The van der Waals surface area contributed by atoms with Crippen LogP contribution in [0, 0.1) is 0 Å². The molecule has 0 aliphatic carbocycles. The van der Waals surface area contributed by atoms with Crippen molar-refractivity contribution in [1.82, 2.24) is 0 Å². The van der Waals surface area contributed by atoms with Gasteiger partial charge in [-0.1, -0.05) is 197 Å². The first-order valence-electron chi connectivity index (χ1n) is 28.1. The van der Waals surface area contributed by atoms with Crippen LogP contribution in [0.15, 0.2) is 170 Å². The van der Waals surface area contributed by atoms with Gasteiger partial charge in [0.1, 0.15) is 18.8 Å². The van der Waals surface area contributed by atoms with Crippen LogP contribution >= 0.6 is 0 Å². The summed E-state index contributed by atoms with van der Waals surface area (Å²) in [4.78, 5) is 50.9. The van der Waals surface area contributed by atoms with E-state index < -0.39 is 73.9 Å². The van der Waals surface area contributed by atoms with E-state index in [0.29, 0.717) is 25.7 Å². The zero-order chi connectivity index (χ0) is 56.1. The highest BCUT2D eigenvalue weighted by Crippen LogP contribution is 2.26. The summed E-state index contributed by atoms with van der Waals surface area (Å²) in [5.74, 6) is -3.48. The van der Waals surface area contributed by atoms with E-state index in [1.165, 1.54) is 0 Å². The summed E-state index contributed by atoms with van der Waals surface area (Å²) in [7, 11) is 0. The molecule has 1 fully saturated rings. The summed E-state index contributed by atoms with van der Waals surface area (Å²) in [6, 6.07) is 0. The van der Waals surface area contributed by atoms with Crippen LogP contribution in [0.5, 0.6) is 0 Å². The van der Waals surface area contributed by atoms with Crippen molar-refractivity contribution in [3.63, 3.8) is 0 Å². The number of hydrogen-bond donors (Lipinski definition) is 3. The van der Waals surface area contributed by atoms with E-state index in [0.717, 1.165) is 96.3 Å². The fourth-order valence-corrected chi connectivity index (χ4v) is 7.13. The van der Waals surface area contributed by atoms with E-state index >= 15 is 0 Å². The number of esters is 3. The Labute approximate surface area is 462 Å². The van der Waals surface area contributed by atoms with E-state index in [1.807, 2.05) is 36.5 Å². The molecule has 1 rings (SSSR count). The van der Waals surface area contributed by atoms with Crippen LogP contribution in [0.2, 0.25) is 0 Å². The van der Waals surface area contributed by atoms with Crippen LogP contribution in [0.3, 0.4) is 0 Å². The molecule has 426 valence electrons. The molecule has 3 N–H and O–H groups in total. The highest BCUT2D eigenvalue weighted by Gasteiger charge is 2.50. The van der Waals surface area contributed by atoms with Gasteiger partial charge in [0, 0.05) is 12.8 Å². The number of carboxylic acids is 1. The standard InChI is InChI=1S/C65H94O12/c1-4-7-10-13-16-19-22-25-27-28-29-30-32-35-38-41-44-47-50-53-59(68)76-63-61(70)60(69)62(64(71)72)77-65(63)74-55-56(75-58(67)52-49-46-43-40-37-33-24-21-18-15-12-9-6-3)54-73-57(66)51-48-45-42-39-36-34-31-26-23-20-17-14-11-8-5-2/h7-12,16-21,25-27,29-31,33,35-39,44-45,47-48,56,60-63,65,69-70H,4-6,13-15,22-24,28,32,34,40-43,46,49-55H2,1-3H3,(H,71,72)/b10-7-,11-8-,12-9-,19-16-,20-17-,21-18-,27-25-,30-29-,31-26-,37-33-,38-35-,39-36-,47-44-,48-45-. The van der Waals surface area contributed by atoms with Crippen LogP contribution in [0.25, 0.3) is 0 Å². The van der Waals surface area contributed by atoms with Crippen molar-refractivity contribution in [2.24, 2.45) is 0 Å². The molecule has 0 saturated carbocycles. The van der Waals surface area contributed by atoms with Gasteiger partial charge in [0.05, 0.1) is 13.0 Å². The molecule has 0 spiro atoms. The summed E-state index contributed by atoms with van der Waals surface area (Å²) >= 11 is 0. The number of ether oxygens (including phenoxy) is 5. The van der Waals surface area contributed by atoms with Crippen LogP contribution in [-0.2, 0) is 42.9 Å². The number of hydrogen-bond acceptors (Lipinski definition) is 11. The number of carboxylic acid groups (broad SMARTS) is 1. The molecule has 77 heavy (non-hydrogen) atoms. The second-order valence-corrected chi connectivity index (χ2v) is 18.1. The number of unbranched alkanes of at least 4 members (excludes halogenated alkanes) is 3. The molecule has 1 saturated heterocycles. The quantitative estimate of drug-likeness (QED) is 0.0228. The Morgan fingerprint density at radius 1 is 0.442 bits per heavy atom. The zero-order valence-electron chi connectivity index (χ0n) is 46.6. The third-order valence-electron chi connectivity index (χ3n) is 11.3. The summed E-state index contributed by atoms with van der Waals surface area (Å²) in [6.45, 7) is 5.46. The molecule has 6 unspecified atom stereocenters. The Morgan fingerprint density at radius 3 is 1.27 bits per heavy atom. The molecule has 0 radical (unpaired) electrons. The number of rotatable bonds is 44. The van der Waals surface area contributed by atoms with Gasteiger partial charge in [-0.3, -0.25) is 14.4 Å². The van der Waals surface area contributed by atoms with Crippen molar-refractivity contribution in [2.45, 2.75) is 199 Å². The van der Waals surface area contributed by atoms with Gasteiger partial charge >= 0.3 is 23.9 Å². The van der Waals surface area contributed by atoms with Gasteiger partial charge in [-0.15, -0.1) is 0 Å². The van der Waals surface area contributed by atoms with Crippen molar-refractivity contribution in [3.05, 3.63) is 170 Å². The van der Waals surface area contributed by atoms with E-state index in [1.54, 1.807) is 6.08 Å². The molecule has 1 aliphatic heterocycles. The fraction of sp³-hybridized carbons (Fsp3) is 0.508. The highest BCUT2D eigenvalue weighted by molar-refractivity contribution is 5.74. The van der Waals surface area contributed by atoms with Crippen molar-refractivity contribution in [2.75, 3.05) is 13.2 Å². The number of aliphatic carboxylic acids is 1. The number of carbonyl (C=O) groups is 4. The average molecular weight is 1070 g/mol. The van der Waals surface area contributed by atoms with Gasteiger partial charge in [0.25, 0.3) is 0 Å². The maximum absolute atomic E-state index is 13.1. The first kappa shape index (κ1) is 69.1. The fourth-order valence-electron chi connectivity index (χ4n) is 7.13. The van der Waals surface area contributed by atoms with Gasteiger partial charge in [0.2, 0.25) is 0 Å². The van der Waals surface area contributed by atoms with Crippen LogP contribution in [-0.4, -0.2) is 89.2 Å². The lowest BCUT2D eigenvalue weighted by atomic mass is 9.98. The number of carbonyl (C=O) groups excluding carboxylic acids is 3. The Bertz CT molecular complexity index is 1990. The van der Waals surface area contributed by atoms with Gasteiger partial charge in [-0.05, 0) is 116 Å². The highest BCUT2D eigenvalue weighted by atomic mass is 16.7. The lowest BCUT2D eigenvalue weighted by Gasteiger charge is -2.40. The Kier molecular flexibility index (Phi) is 45.6. The monoisotopic (exact) mass is 1070 g/mol. The minimum absolute atomic E-state index is 0.0389. The molecule has 0 aromatic carbocycles. The second-order valence-electron chi connectivity index (χ2n) is 18.1. The maximum Gasteiger partial charge on any atom is 0.335 e. The topological polar surface area (TPSA) is 175 Å². The Morgan fingerprint density at radius 2 is 0.844 bits per heavy atom. The van der Waals surface area contributed by atoms with Gasteiger partial charge in [0.15, 0.2) is 24.6 Å². The smallest absolute Gasteiger partial charge is 0.335 e. The molecule has 0 aromatic heterocycles. The number of allylic oxidation sites excluding steroid dienone is 27. The third kappa shape index (κ3) is 40.9. The molecule has 0 amide bonds. The largest absolute Gasteiger partial charge is 0.479 e. The number of aliphatic hydroxyl groups is 2. The summed E-state index contributed by atoms with van der Waals surface area (Å²) in [5, 5.41) is 31.4. The third-order valence-corrected chi connectivity index (χ3v) is 11.3. The molecule has 0 bridgehead atoms. The van der Waals surface area contributed by atoms with Crippen molar-refractivity contribution >= 4 is 23.9 Å². The molecule has 1 heterocycles. The molecule has 12 nitrogen and oxygen atoms in total. The Balaban J connectivity index is 2.83. The predicted molar refractivity (Wildman–Crippen MR) is 312 cm³/mol. The van der Waals surface area contributed by atoms with E-state index in [4.69, 9.17) is 23.7 Å². The van der Waals surface area contributed by atoms with Crippen LogP contribution in [0.1, 0.15) is 162 Å². The normalized spacial score (nSPS) is 19.3. The predicted octanol–water partition coefficient (Wildman–Crippen LogP) is 14.3. The van der Waals surface area contributed by atoms with Crippen LogP contribution < -0.4 is 0 Å². The molecular formula is C65H94O12. The Hall–Kier alpha value is -5.92. The van der Waals surface area contributed by atoms with E-state index in [2.05, 4.69) is 148 Å².